The van der Waals surface area contributed by atoms with Crippen LogP contribution in [0.5, 0.6) is 0 Å². The second-order valence-corrected chi connectivity index (χ2v) is 8.62. The molecule has 0 saturated carbocycles. The first kappa shape index (κ1) is 22.0. The maximum Gasteiger partial charge on any atom is 0.299 e. The molecule has 3 aromatic carbocycles. The molecule has 0 spiro atoms. The van der Waals surface area contributed by atoms with Gasteiger partial charge in [0.15, 0.2) is 0 Å². The van der Waals surface area contributed by atoms with Crippen LogP contribution in [0.2, 0.25) is 0 Å². The summed E-state index contributed by atoms with van der Waals surface area (Å²) in [6.45, 7) is 0.151. The van der Waals surface area contributed by atoms with E-state index in [0.717, 1.165) is 26.4 Å². The van der Waals surface area contributed by atoms with Gasteiger partial charge in [-0.15, -0.1) is 10.9 Å². The van der Waals surface area contributed by atoms with E-state index >= 15 is 0 Å². The van der Waals surface area contributed by atoms with Crippen molar-refractivity contribution in [1.82, 2.24) is 0 Å². The zero-order valence-electron chi connectivity index (χ0n) is 16.1. The summed E-state index contributed by atoms with van der Waals surface area (Å²) in [5, 5.41) is 0. The van der Waals surface area contributed by atoms with Crippen molar-refractivity contribution in [2.75, 3.05) is 13.2 Å². The monoisotopic (exact) mass is 515 g/mol. The molecule has 1 heterocycles. The first-order valence-electron chi connectivity index (χ1n) is 9.55. The van der Waals surface area contributed by atoms with Gasteiger partial charge in [0.2, 0.25) is 0 Å². The highest BCUT2D eigenvalue weighted by atomic mass is 79.9. The van der Waals surface area contributed by atoms with Crippen LogP contribution in [0.3, 0.4) is 0 Å². The maximum absolute atomic E-state index is 6.25. The summed E-state index contributed by atoms with van der Waals surface area (Å²) in [5.41, 5.74) is 7.15. The van der Waals surface area contributed by atoms with E-state index in [1.807, 2.05) is 54.6 Å². The van der Waals surface area contributed by atoms with Crippen molar-refractivity contribution in [2.24, 2.45) is 0 Å². The van der Waals surface area contributed by atoms with Gasteiger partial charge in [0.25, 0.3) is 6.55 Å². The van der Waals surface area contributed by atoms with Crippen molar-refractivity contribution in [1.29, 1.82) is 0 Å². The minimum Gasteiger partial charge on any atom is -0.557 e. The molecular weight excluding hydrogens is 493 g/mol. The van der Waals surface area contributed by atoms with Crippen LogP contribution in [-0.2, 0) is 15.9 Å². The number of rotatable bonds is 3. The van der Waals surface area contributed by atoms with Gasteiger partial charge < -0.3 is 15.0 Å². The molecule has 150 valence electrons. The number of hydrogen-bond donors (Lipinski definition) is 1. The first-order valence-corrected chi connectivity index (χ1v) is 11.1. The molecule has 3 aromatic rings. The number of benzene rings is 3. The Morgan fingerprint density at radius 1 is 0.655 bits per heavy atom. The van der Waals surface area contributed by atoms with Crippen LogP contribution in [0.4, 0.5) is 0 Å². The molecule has 0 amide bonds. The Bertz CT molecular complexity index is 864. The predicted molar refractivity (Wildman–Crippen MR) is 128 cm³/mol. The van der Waals surface area contributed by atoms with Crippen LogP contribution in [0.15, 0.2) is 100.0 Å². The van der Waals surface area contributed by atoms with Crippen LogP contribution >= 0.6 is 31.9 Å². The fourth-order valence-electron chi connectivity index (χ4n) is 3.22. The van der Waals surface area contributed by atoms with Crippen LogP contribution < -0.4 is 16.7 Å². The molecule has 0 saturated heterocycles. The molecule has 3 nitrogen and oxygen atoms in total. The van der Waals surface area contributed by atoms with E-state index in [4.69, 9.17) is 9.31 Å². The van der Waals surface area contributed by atoms with Gasteiger partial charge in [-0.25, -0.2) is 0 Å². The Morgan fingerprint density at radius 2 is 1.03 bits per heavy atom. The number of hydrogen-bond acceptors (Lipinski definition) is 2. The van der Waals surface area contributed by atoms with E-state index in [0.29, 0.717) is 13.2 Å². The van der Waals surface area contributed by atoms with Gasteiger partial charge in [-0.3, -0.25) is 0 Å². The first-order chi connectivity index (χ1) is 14.2. The van der Waals surface area contributed by atoms with Gasteiger partial charge in [-0.2, -0.15) is 0 Å². The molecule has 0 bridgehead atoms. The molecule has 29 heavy (non-hydrogen) atoms. The van der Waals surface area contributed by atoms with E-state index in [1.165, 1.54) is 5.56 Å². The maximum atomic E-state index is 6.25. The third-order valence-electron chi connectivity index (χ3n) is 4.79. The van der Waals surface area contributed by atoms with Crippen molar-refractivity contribution in [3.63, 3.8) is 0 Å². The van der Waals surface area contributed by atoms with Gasteiger partial charge >= 0.3 is 0 Å². The molecule has 0 aliphatic carbocycles. The average molecular weight is 517 g/mol. The predicted octanol–water partition coefficient (Wildman–Crippen LogP) is 3.72. The molecule has 0 unspecified atom stereocenters. The fourth-order valence-corrected chi connectivity index (χ4v) is 3.71. The Labute approximate surface area is 189 Å². The van der Waals surface area contributed by atoms with E-state index < -0.39 is 6.55 Å². The summed E-state index contributed by atoms with van der Waals surface area (Å²) < 4.78 is 14.5. The van der Waals surface area contributed by atoms with Gasteiger partial charge in [-0.1, -0.05) is 123 Å². The zero-order valence-corrected chi connectivity index (χ0v) is 19.3. The minimum absolute atomic E-state index is 0.477. The summed E-state index contributed by atoms with van der Waals surface area (Å²) in [7, 11) is 0. The van der Waals surface area contributed by atoms with Gasteiger partial charge in [-0.05, 0) is 0 Å². The largest absolute Gasteiger partial charge is 0.557 e. The van der Waals surface area contributed by atoms with Gasteiger partial charge in [0.05, 0.1) is 6.54 Å². The Hall–Kier alpha value is -1.70. The summed E-state index contributed by atoms with van der Waals surface area (Å²) in [6, 6.07) is 30.5. The highest BCUT2D eigenvalue weighted by molar-refractivity contribution is 9.14. The Kier molecular flexibility index (Phi) is 8.27. The standard InChI is InChI=1S/C16H14BBr2O2.C7H9N/c18-15-11-20-17(21-12-16(15)19,13-7-3-1-4-8-13)14-9-5-2-6-10-14;8-6-7-4-2-1-3-5-7/h1-10H,11-12H2;1-5H,6,8H2/q-1;/p+1. The molecular formula is C23H24BBr2NO2. The quantitative estimate of drug-likeness (QED) is 0.539. The normalized spacial score (nSPS) is 15.8. The van der Waals surface area contributed by atoms with Crippen LogP contribution in [-0.4, -0.2) is 19.8 Å². The fraction of sp³-hybridized carbons (Fsp3) is 0.130. The number of quaternary nitrogens is 1. The Balaban J connectivity index is 0.000000252. The Morgan fingerprint density at radius 3 is 1.38 bits per heavy atom. The van der Waals surface area contributed by atoms with Crippen LogP contribution in [0, 0.1) is 0 Å². The highest BCUT2D eigenvalue weighted by Crippen LogP contribution is 2.25. The lowest BCUT2D eigenvalue weighted by molar-refractivity contribution is -0.386. The number of halogens is 2. The molecule has 1 aliphatic rings. The third kappa shape index (κ3) is 5.68. The van der Waals surface area contributed by atoms with E-state index in [-0.39, 0.29) is 0 Å². The van der Waals surface area contributed by atoms with Crippen molar-refractivity contribution in [2.45, 2.75) is 6.54 Å². The third-order valence-corrected chi connectivity index (χ3v) is 6.74. The SMILES string of the molecule is BrC1=C(Br)CO[B-](c2ccccc2)(c2ccccc2)OC1.[NH3+]Cc1ccccc1. The average Bonchev–Trinajstić information content (AvgIpc) is 2.96. The minimum atomic E-state index is -1.69. The van der Waals surface area contributed by atoms with E-state index in [1.54, 1.807) is 0 Å². The summed E-state index contributed by atoms with van der Waals surface area (Å²) in [5.74, 6) is 0. The van der Waals surface area contributed by atoms with Crippen LogP contribution in [0.25, 0.3) is 0 Å². The topological polar surface area (TPSA) is 46.1 Å². The molecule has 1 aliphatic heterocycles. The van der Waals surface area contributed by atoms with E-state index in [2.05, 4.69) is 74.0 Å². The molecule has 0 aromatic heterocycles. The lowest BCUT2D eigenvalue weighted by atomic mass is 9.46. The van der Waals surface area contributed by atoms with Crippen molar-refractivity contribution >= 4 is 49.3 Å². The second-order valence-electron chi connectivity index (χ2n) is 6.70. The highest BCUT2D eigenvalue weighted by Gasteiger charge is 2.33. The lowest BCUT2D eigenvalue weighted by Gasteiger charge is -2.41. The van der Waals surface area contributed by atoms with Crippen molar-refractivity contribution in [3.8, 4) is 0 Å². The molecule has 0 radical (unpaired) electrons. The second kappa shape index (κ2) is 10.9. The molecule has 6 heteroatoms. The molecule has 0 atom stereocenters. The molecule has 0 fully saturated rings. The smallest absolute Gasteiger partial charge is 0.299 e. The molecule has 4 rings (SSSR count). The summed E-state index contributed by atoms with van der Waals surface area (Å²) in [6.07, 6.45) is 0. The lowest BCUT2D eigenvalue weighted by Crippen LogP contribution is -2.63. The zero-order chi connectivity index (χ0) is 20.5. The van der Waals surface area contributed by atoms with Crippen molar-refractivity contribution in [3.05, 3.63) is 106 Å². The van der Waals surface area contributed by atoms with E-state index in [9.17, 15) is 0 Å². The molecule has 3 N–H and O–H groups in total. The summed E-state index contributed by atoms with van der Waals surface area (Å²) >= 11 is 7.08. The van der Waals surface area contributed by atoms with Gasteiger partial charge in [0.1, 0.15) is 0 Å². The summed E-state index contributed by atoms with van der Waals surface area (Å²) in [4.78, 5) is 0. The van der Waals surface area contributed by atoms with Crippen LogP contribution in [0.1, 0.15) is 5.56 Å². The van der Waals surface area contributed by atoms with Gasteiger partial charge in [0, 0.05) is 27.7 Å². The van der Waals surface area contributed by atoms with Crippen molar-refractivity contribution < 1.29 is 15.0 Å².